The second-order valence-corrected chi connectivity index (χ2v) is 4.27. The Hall–Kier alpha value is -0.900. The van der Waals surface area contributed by atoms with Crippen molar-refractivity contribution in [2.75, 3.05) is 11.9 Å². The maximum Gasteiger partial charge on any atom is 0.202 e. The molecule has 0 spiro atoms. The number of hydrogen-bond acceptors (Lipinski definition) is 4. The summed E-state index contributed by atoms with van der Waals surface area (Å²) in [5.41, 5.74) is 0. The average Bonchev–Trinajstić information content (AvgIpc) is 2.94. The number of aromatic nitrogens is 2. The van der Waals surface area contributed by atoms with Gasteiger partial charge in [0.15, 0.2) is 0 Å². The molecular weight excluding hydrogens is 194 g/mol. The predicted octanol–water partition coefficient (Wildman–Crippen LogP) is 2.79. The Balaban J connectivity index is 1.78. The van der Waals surface area contributed by atoms with E-state index in [0.717, 1.165) is 23.9 Å². The molecule has 0 radical (unpaired) electrons. The van der Waals surface area contributed by atoms with Crippen LogP contribution in [0.3, 0.4) is 0 Å². The molecule has 0 aliphatic heterocycles. The summed E-state index contributed by atoms with van der Waals surface area (Å²) in [6.07, 6.45) is 7.81. The van der Waals surface area contributed by atoms with E-state index in [-0.39, 0.29) is 0 Å². The van der Waals surface area contributed by atoms with Crippen LogP contribution in [-0.4, -0.2) is 15.9 Å². The van der Waals surface area contributed by atoms with Crippen molar-refractivity contribution in [1.82, 2.24) is 9.36 Å². The van der Waals surface area contributed by atoms with Gasteiger partial charge in [-0.3, -0.25) is 0 Å². The molecule has 0 saturated heterocycles. The molecule has 1 aromatic rings. The van der Waals surface area contributed by atoms with Gasteiger partial charge in [-0.2, -0.15) is 4.37 Å². The lowest BCUT2D eigenvalue weighted by atomic mass is 10.4. The van der Waals surface area contributed by atoms with Gasteiger partial charge in [-0.25, -0.2) is 4.98 Å². The number of allylic oxidation sites excluding steroid dienone is 1. The number of nitrogens with one attached hydrogen (secondary N) is 1. The summed E-state index contributed by atoms with van der Waals surface area (Å²) in [5.74, 6) is 1.71. The first-order chi connectivity index (χ1) is 6.90. The van der Waals surface area contributed by atoms with E-state index in [1.165, 1.54) is 24.4 Å². The summed E-state index contributed by atoms with van der Waals surface area (Å²) in [6, 6.07) is 0. The van der Waals surface area contributed by atoms with Gasteiger partial charge in [0.2, 0.25) is 5.13 Å². The molecule has 1 aromatic heterocycles. The minimum atomic E-state index is 0.664. The largest absolute Gasteiger partial charge is 0.360 e. The van der Waals surface area contributed by atoms with Crippen LogP contribution in [0.5, 0.6) is 0 Å². The topological polar surface area (TPSA) is 37.8 Å². The van der Waals surface area contributed by atoms with E-state index in [2.05, 4.69) is 26.8 Å². The van der Waals surface area contributed by atoms with E-state index in [9.17, 15) is 0 Å². The summed E-state index contributed by atoms with van der Waals surface area (Å²) in [7, 11) is 0. The summed E-state index contributed by atoms with van der Waals surface area (Å²) in [4.78, 5) is 4.44. The molecule has 0 aromatic carbocycles. The quantitative estimate of drug-likeness (QED) is 0.598. The van der Waals surface area contributed by atoms with Gasteiger partial charge in [-0.15, -0.1) is 0 Å². The lowest BCUT2D eigenvalue weighted by molar-refractivity contribution is 0.976. The van der Waals surface area contributed by atoms with Gasteiger partial charge in [0, 0.05) is 24.0 Å². The second kappa shape index (κ2) is 4.55. The van der Waals surface area contributed by atoms with Crippen LogP contribution in [0, 0.1) is 0 Å². The van der Waals surface area contributed by atoms with Crippen LogP contribution in [0.1, 0.15) is 37.9 Å². The Morgan fingerprint density at radius 3 is 3.14 bits per heavy atom. The van der Waals surface area contributed by atoms with Gasteiger partial charge in [0.05, 0.1) is 0 Å². The zero-order valence-corrected chi connectivity index (χ0v) is 9.18. The van der Waals surface area contributed by atoms with E-state index in [0.29, 0.717) is 5.92 Å². The minimum absolute atomic E-state index is 0.664. The molecule has 0 amide bonds. The van der Waals surface area contributed by atoms with Crippen molar-refractivity contribution >= 4 is 16.7 Å². The molecule has 4 heteroatoms. The normalized spacial score (nSPS) is 16.4. The van der Waals surface area contributed by atoms with Crippen LogP contribution in [-0.2, 0) is 0 Å². The highest BCUT2D eigenvalue weighted by Crippen LogP contribution is 2.39. The molecule has 0 bridgehead atoms. The van der Waals surface area contributed by atoms with E-state index < -0.39 is 0 Å². The highest BCUT2D eigenvalue weighted by molar-refractivity contribution is 7.09. The fourth-order valence-corrected chi connectivity index (χ4v) is 1.91. The third kappa shape index (κ3) is 2.54. The van der Waals surface area contributed by atoms with Crippen molar-refractivity contribution in [3.63, 3.8) is 0 Å². The van der Waals surface area contributed by atoms with Crippen LogP contribution in [0.25, 0.3) is 0 Å². The summed E-state index contributed by atoms with van der Waals surface area (Å²) in [6.45, 7) is 2.99. The fourth-order valence-electron chi connectivity index (χ4n) is 1.24. The molecule has 1 fully saturated rings. The Labute approximate surface area is 88.4 Å². The number of rotatable bonds is 5. The van der Waals surface area contributed by atoms with Gasteiger partial charge in [0.1, 0.15) is 5.82 Å². The lowest BCUT2D eigenvalue weighted by Gasteiger charge is -1.96. The second-order valence-electron chi connectivity index (χ2n) is 3.52. The first-order valence-electron chi connectivity index (χ1n) is 5.09. The van der Waals surface area contributed by atoms with Crippen molar-refractivity contribution in [2.24, 2.45) is 0 Å². The smallest absolute Gasteiger partial charge is 0.202 e. The monoisotopic (exact) mass is 209 g/mol. The van der Waals surface area contributed by atoms with Crippen LogP contribution in [0.2, 0.25) is 0 Å². The van der Waals surface area contributed by atoms with E-state index in [1.54, 1.807) is 0 Å². The van der Waals surface area contributed by atoms with Crippen LogP contribution in [0.15, 0.2) is 12.2 Å². The first-order valence-corrected chi connectivity index (χ1v) is 5.86. The molecule has 14 heavy (non-hydrogen) atoms. The van der Waals surface area contributed by atoms with Crippen molar-refractivity contribution in [3.8, 4) is 0 Å². The van der Waals surface area contributed by atoms with Gasteiger partial charge in [-0.1, -0.05) is 12.2 Å². The zero-order valence-electron chi connectivity index (χ0n) is 8.36. The van der Waals surface area contributed by atoms with E-state index in [4.69, 9.17) is 0 Å². The van der Waals surface area contributed by atoms with Crippen molar-refractivity contribution in [1.29, 1.82) is 0 Å². The number of anilines is 1. The Kier molecular flexibility index (Phi) is 3.14. The Morgan fingerprint density at radius 2 is 2.43 bits per heavy atom. The molecule has 0 unspecified atom stereocenters. The molecule has 1 saturated carbocycles. The van der Waals surface area contributed by atoms with Crippen molar-refractivity contribution in [3.05, 3.63) is 18.0 Å². The molecule has 1 heterocycles. The molecule has 2 rings (SSSR count). The fraction of sp³-hybridized carbons (Fsp3) is 0.600. The molecule has 1 aliphatic rings. The lowest BCUT2D eigenvalue weighted by Crippen LogP contribution is -1.99. The molecule has 3 nitrogen and oxygen atoms in total. The first kappa shape index (κ1) is 9.65. The van der Waals surface area contributed by atoms with Crippen molar-refractivity contribution < 1.29 is 0 Å². The third-order valence-electron chi connectivity index (χ3n) is 2.21. The Morgan fingerprint density at radius 1 is 1.57 bits per heavy atom. The molecule has 1 N–H and O–H groups in total. The third-order valence-corrected chi connectivity index (χ3v) is 2.89. The maximum atomic E-state index is 4.44. The average molecular weight is 209 g/mol. The minimum Gasteiger partial charge on any atom is -0.360 e. The SMILES string of the molecule is C/C=C/CCNc1nc(C2CC2)ns1. The van der Waals surface area contributed by atoms with Gasteiger partial charge >= 0.3 is 0 Å². The van der Waals surface area contributed by atoms with E-state index in [1.807, 2.05) is 6.92 Å². The number of nitrogens with zero attached hydrogens (tertiary/aromatic N) is 2. The van der Waals surface area contributed by atoms with Gasteiger partial charge in [-0.05, 0) is 26.2 Å². The molecular formula is C10H15N3S. The molecule has 76 valence electrons. The number of hydrogen-bond donors (Lipinski definition) is 1. The molecule has 1 aliphatic carbocycles. The van der Waals surface area contributed by atoms with Gasteiger partial charge in [0.25, 0.3) is 0 Å². The Bertz CT molecular complexity index is 315. The highest BCUT2D eigenvalue weighted by atomic mass is 32.1. The van der Waals surface area contributed by atoms with Crippen LogP contribution < -0.4 is 5.32 Å². The highest BCUT2D eigenvalue weighted by Gasteiger charge is 2.27. The zero-order chi connectivity index (χ0) is 9.80. The van der Waals surface area contributed by atoms with Gasteiger partial charge < -0.3 is 5.32 Å². The van der Waals surface area contributed by atoms with Crippen LogP contribution >= 0.6 is 11.5 Å². The standard InChI is InChI=1S/C10H15N3S/c1-2-3-4-7-11-10-12-9(13-14-10)8-5-6-8/h2-3,8H,4-7H2,1H3,(H,11,12,13)/b3-2+. The molecule has 0 atom stereocenters. The predicted molar refractivity (Wildman–Crippen MR) is 59.8 cm³/mol. The summed E-state index contributed by atoms with van der Waals surface area (Å²) in [5, 5.41) is 4.25. The maximum absolute atomic E-state index is 4.44. The van der Waals surface area contributed by atoms with E-state index >= 15 is 0 Å². The van der Waals surface area contributed by atoms with Crippen LogP contribution in [0.4, 0.5) is 5.13 Å². The summed E-state index contributed by atoms with van der Waals surface area (Å²) >= 11 is 1.48. The van der Waals surface area contributed by atoms with Crippen molar-refractivity contribution in [2.45, 2.75) is 32.1 Å². The summed E-state index contributed by atoms with van der Waals surface area (Å²) < 4.78 is 4.33.